The average Bonchev–Trinajstić information content (AvgIpc) is 3.05. The van der Waals surface area contributed by atoms with E-state index < -0.39 is 0 Å². The largest absolute Gasteiger partial charge is 0.292 e. The topological polar surface area (TPSA) is 44.9 Å². The maximum Gasteiger partial charge on any atom is 0.0991 e. The molecule has 114 valence electrons. The molecular formula is C18H22N4. The van der Waals surface area contributed by atoms with Gasteiger partial charge in [0.25, 0.3) is 0 Å². The van der Waals surface area contributed by atoms with E-state index in [-0.39, 0.29) is 0 Å². The molecule has 2 heterocycles. The molecule has 0 radical (unpaired) electrons. The lowest BCUT2D eigenvalue weighted by Crippen LogP contribution is -2.23. The summed E-state index contributed by atoms with van der Waals surface area (Å²) in [4.78, 5) is 2.54. The van der Waals surface area contributed by atoms with Crippen molar-refractivity contribution in [2.75, 3.05) is 6.54 Å². The lowest BCUT2D eigenvalue weighted by molar-refractivity contribution is 0.247. The van der Waals surface area contributed by atoms with Crippen LogP contribution in [0.5, 0.6) is 0 Å². The minimum atomic E-state index is 0.462. The molecule has 1 aromatic heterocycles. The number of nitriles is 1. The highest BCUT2D eigenvalue weighted by Crippen LogP contribution is 2.36. The Morgan fingerprint density at radius 3 is 2.59 bits per heavy atom. The number of rotatable bonds is 3. The molecule has 4 nitrogen and oxygen atoms in total. The summed E-state index contributed by atoms with van der Waals surface area (Å²) in [6.45, 7) is 6.33. The van der Waals surface area contributed by atoms with E-state index in [1.807, 2.05) is 23.9 Å². The van der Waals surface area contributed by atoms with Crippen LogP contribution in [0.25, 0.3) is 0 Å². The van der Waals surface area contributed by atoms with Gasteiger partial charge in [-0.15, -0.1) is 0 Å². The van der Waals surface area contributed by atoms with E-state index in [1.54, 1.807) is 0 Å². The van der Waals surface area contributed by atoms with Crippen molar-refractivity contribution in [3.05, 3.63) is 52.3 Å². The van der Waals surface area contributed by atoms with Crippen LogP contribution >= 0.6 is 0 Å². The zero-order valence-electron chi connectivity index (χ0n) is 13.5. The Hall–Kier alpha value is -2.12. The van der Waals surface area contributed by atoms with Crippen LogP contribution in [-0.4, -0.2) is 21.2 Å². The molecule has 2 aromatic rings. The predicted molar refractivity (Wildman–Crippen MR) is 86.2 cm³/mol. The third-order valence-corrected chi connectivity index (χ3v) is 4.73. The lowest BCUT2D eigenvalue weighted by atomic mass is 10.0. The Morgan fingerprint density at radius 2 is 2.00 bits per heavy atom. The minimum Gasteiger partial charge on any atom is -0.292 e. The van der Waals surface area contributed by atoms with Gasteiger partial charge in [-0.2, -0.15) is 10.4 Å². The fourth-order valence-electron chi connectivity index (χ4n) is 3.53. The van der Waals surface area contributed by atoms with Gasteiger partial charge < -0.3 is 0 Å². The van der Waals surface area contributed by atoms with Crippen molar-refractivity contribution in [1.82, 2.24) is 14.7 Å². The van der Waals surface area contributed by atoms with Gasteiger partial charge in [0.15, 0.2) is 0 Å². The highest BCUT2D eigenvalue weighted by Gasteiger charge is 2.30. The van der Waals surface area contributed by atoms with Gasteiger partial charge in [-0.05, 0) is 50.9 Å². The summed E-state index contributed by atoms with van der Waals surface area (Å²) in [5, 5.41) is 13.5. The van der Waals surface area contributed by atoms with Gasteiger partial charge in [0, 0.05) is 30.9 Å². The van der Waals surface area contributed by atoms with Crippen molar-refractivity contribution < 1.29 is 0 Å². The van der Waals surface area contributed by atoms with E-state index in [2.05, 4.69) is 42.0 Å². The molecule has 22 heavy (non-hydrogen) atoms. The molecule has 1 aromatic carbocycles. The zero-order chi connectivity index (χ0) is 15.7. The summed E-state index contributed by atoms with van der Waals surface area (Å²) < 4.78 is 1.99. The second kappa shape index (κ2) is 5.94. The first kappa shape index (κ1) is 14.8. The van der Waals surface area contributed by atoms with Crippen molar-refractivity contribution >= 4 is 0 Å². The van der Waals surface area contributed by atoms with Crippen LogP contribution in [0, 0.1) is 25.2 Å². The van der Waals surface area contributed by atoms with Crippen molar-refractivity contribution in [2.24, 2.45) is 7.05 Å². The summed E-state index contributed by atoms with van der Waals surface area (Å²) in [5.74, 6) is 0. The maximum atomic E-state index is 8.90. The number of nitrogens with zero attached hydrogens (tertiary/aromatic N) is 4. The second-order valence-corrected chi connectivity index (χ2v) is 6.15. The molecule has 0 spiro atoms. The molecule has 0 unspecified atom stereocenters. The summed E-state index contributed by atoms with van der Waals surface area (Å²) in [6, 6.07) is 10.6. The van der Waals surface area contributed by atoms with Gasteiger partial charge in [-0.25, -0.2) is 0 Å². The Morgan fingerprint density at radius 1 is 1.27 bits per heavy atom. The van der Waals surface area contributed by atoms with Gasteiger partial charge in [0.1, 0.15) is 0 Å². The Kier molecular flexibility index (Phi) is 4.00. The summed E-state index contributed by atoms with van der Waals surface area (Å²) in [7, 11) is 2.02. The van der Waals surface area contributed by atoms with E-state index >= 15 is 0 Å². The fraction of sp³-hybridized carbons (Fsp3) is 0.444. The number of benzene rings is 1. The quantitative estimate of drug-likeness (QED) is 0.873. The molecule has 1 atom stereocenters. The van der Waals surface area contributed by atoms with E-state index in [0.717, 1.165) is 24.3 Å². The first-order valence-electron chi connectivity index (χ1n) is 7.83. The van der Waals surface area contributed by atoms with Crippen LogP contribution in [0.4, 0.5) is 0 Å². The molecule has 0 saturated carbocycles. The molecule has 0 bridgehead atoms. The first-order valence-corrected chi connectivity index (χ1v) is 7.83. The highest BCUT2D eigenvalue weighted by molar-refractivity contribution is 5.32. The fourth-order valence-corrected chi connectivity index (χ4v) is 3.53. The van der Waals surface area contributed by atoms with Crippen LogP contribution in [0.2, 0.25) is 0 Å². The molecule has 1 saturated heterocycles. The van der Waals surface area contributed by atoms with E-state index in [0.29, 0.717) is 6.04 Å². The highest BCUT2D eigenvalue weighted by atomic mass is 15.3. The van der Waals surface area contributed by atoms with E-state index in [9.17, 15) is 0 Å². The standard InChI is InChI=1S/C18H22N4/c1-13-18(14(2)21(3)20-13)17-5-4-10-22(17)12-16-8-6-15(11-19)7-9-16/h6-9,17H,4-5,10,12H2,1-3H3/t17-/m1/s1. The van der Waals surface area contributed by atoms with Crippen LogP contribution in [0.15, 0.2) is 24.3 Å². The van der Waals surface area contributed by atoms with Gasteiger partial charge in [-0.1, -0.05) is 12.1 Å². The third kappa shape index (κ3) is 2.65. The average molecular weight is 294 g/mol. The number of hydrogen-bond donors (Lipinski definition) is 0. The van der Waals surface area contributed by atoms with Crippen LogP contribution < -0.4 is 0 Å². The maximum absolute atomic E-state index is 8.90. The van der Waals surface area contributed by atoms with Gasteiger partial charge in [0.05, 0.1) is 17.3 Å². The molecule has 0 amide bonds. The number of likely N-dealkylation sites (tertiary alicyclic amines) is 1. The lowest BCUT2D eigenvalue weighted by Gasteiger charge is -2.25. The first-order chi connectivity index (χ1) is 10.6. The second-order valence-electron chi connectivity index (χ2n) is 6.15. The van der Waals surface area contributed by atoms with Gasteiger partial charge in [0.2, 0.25) is 0 Å². The Bertz CT molecular complexity index is 706. The van der Waals surface area contributed by atoms with Crippen LogP contribution in [0.3, 0.4) is 0 Å². The zero-order valence-corrected chi connectivity index (χ0v) is 13.5. The minimum absolute atomic E-state index is 0.462. The van der Waals surface area contributed by atoms with Gasteiger partial charge in [-0.3, -0.25) is 9.58 Å². The van der Waals surface area contributed by atoms with Crippen molar-refractivity contribution in [3.8, 4) is 6.07 Å². The number of aryl methyl sites for hydroxylation is 2. The Balaban J connectivity index is 1.82. The summed E-state index contributed by atoms with van der Waals surface area (Å²) in [5.41, 5.74) is 5.81. The number of hydrogen-bond acceptors (Lipinski definition) is 3. The molecule has 1 fully saturated rings. The molecule has 1 aliphatic rings. The van der Waals surface area contributed by atoms with Crippen molar-refractivity contribution in [1.29, 1.82) is 5.26 Å². The van der Waals surface area contributed by atoms with Crippen LogP contribution in [-0.2, 0) is 13.6 Å². The van der Waals surface area contributed by atoms with E-state index in [1.165, 1.54) is 29.7 Å². The molecule has 0 N–H and O–H groups in total. The SMILES string of the molecule is Cc1nn(C)c(C)c1[C@H]1CCCN1Cc1ccc(C#N)cc1. The molecular weight excluding hydrogens is 272 g/mol. The van der Waals surface area contributed by atoms with Crippen LogP contribution in [0.1, 0.15) is 47.0 Å². The number of aromatic nitrogens is 2. The molecule has 4 heteroatoms. The third-order valence-electron chi connectivity index (χ3n) is 4.73. The summed E-state index contributed by atoms with van der Waals surface area (Å²) >= 11 is 0. The van der Waals surface area contributed by atoms with Crippen molar-refractivity contribution in [2.45, 2.75) is 39.3 Å². The molecule has 0 aliphatic carbocycles. The monoisotopic (exact) mass is 294 g/mol. The van der Waals surface area contributed by atoms with Gasteiger partial charge >= 0.3 is 0 Å². The summed E-state index contributed by atoms with van der Waals surface area (Å²) in [6.07, 6.45) is 2.43. The van der Waals surface area contributed by atoms with E-state index in [4.69, 9.17) is 5.26 Å². The Labute approximate surface area is 132 Å². The molecule has 1 aliphatic heterocycles. The normalized spacial score (nSPS) is 18.5. The predicted octanol–water partition coefficient (Wildman–Crippen LogP) is 3.25. The molecule has 3 rings (SSSR count). The smallest absolute Gasteiger partial charge is 0.0991 e. The van der Waals surface area contributed by atoms with Crippen molar-refractivity contribution in [3.63, 3.8) is 0 Å².